The number of pyridine rings is 6. The number of allylic oxidation sites excluding steroid dienone is 4. The first-order valence-electron chi connectivity index (χ1n) is 44.4. The van der Waals surface area contributed by atoms with Crippen LogP contribution < -0.4 is 63.0 Å². The van der Waals surface area contributed by atoms with Gasteiger partial charge in [-0.15, -0.1) is 0 Å². The van der Waals surface area contributed by atoms with Gasteiger partial charge < -0.3 is 35.5 Å². The van der Waals surface area contributed by atoms with Gasteiger partial charge in [0.1, 0.15) is 11.6 Å². The lowest BCUT2D eigenvalue weighted by Crippen LogP contribution is -2.30. The summed E-state index contributed by atoms with van der Waals surface area (Å²) in [4.78, 5) is 68.4. The monoisotopic (exact) mass is 2060 g/mol. The minimum atomic E-state index is -5.54. The molecule has 0 amide bonds. The zero-order chi connectivity index (χ0) is 104. The number of aliphatic imine (C=N–C) groups is 3. The third kappa shape index (κ3) is 31.6. The molecule has 0 bridgehead atoms. The van der Waals surface area contributed by atoms with Crippen LogP contribution in [0.15, 0.2) is 260 Å². The number of hydrogen-bond donors (Lipinski definition) is 8. The summed E-state index contributed by atoms with van der Waals surface area (Å²) in [7, 11) is -19.1. The second-order valence-electron chi connectivity index (χ2n) is 32.6. The summed E-state index contributed by atoms with van der Waals surface area (Å²) in [5, 5.41) is 17.8. The van der Waals surface area contributed by atoms with Crippen molar-refractivity contribution in [2.75, 3.05) is 36.1 Å². The Labute approximate surface area is 824 Å². The summed E-state index contributed by atoms with van der Waals surface area (Å²) < 4.78 is 189. The van der Waals surface area contributed by atoms with E-state index in [-0.39, 0.29) is 38.7 Å². The standard InChI is InChI=1S/C20H23ClN4O3S.C20H23FN4O3S.C19H19N5O3S.C19H22N4O3S.C18H20F3N5O2S/c2*1-2-9-25-13-16(4-8-20(25)26)23-12-14(11-22)18-7-3-15(10-19(18)21)24-29(27,28)17-5-6-17;1-3-8-23-13-17(5-7-19(23)25)24-12-15(11-21-24)18-6-4-16(9-14(18)10-20)22-28(2,26)27;1-4-9-22-13-17(6-8-19(22)24)23-12-15(11-20-23)18-7-5-16(10-14(18)2)21-27(3,25)26;1-3-4-14-9-15(7-8-23-14)24-11-16(12(2)22)13-5-6-17(25-10-13)26-29(27,28)18(19,20)21/h2*3-4,7-8,10-13,17,24H,2,5-6,9,22H2,1H3;4-7,9,11-13,22H,3,8H2,1-2H3;5-8,10-13,21H,4,9H2,1-3H3;5-11H,3-4,22H2,1-2H3,(H,25,26). The number of nitrogens with one attached hydrogen (secondary N) is 5. The molecule has 0 aliphatic heterocycles. The highest BCUT2D eigenvalue weighted by Crippen LogP contribution is 2.36. The molecular formula is C96H107ClF4N22O14S5. The molecule has 2 aliphatic carbocycles. The Balaban J connectivity index is 0.000000183. The van der Waals surface area contributed by atoms with E-state index in [1.807, 2.05) is 59.9 Å². The van der Waals surface area contributed by atoms with Crippen molar-refractivity contribution in [1.29, 1.82) is 5.26 Å². The lowest BCUT2D eigenvalue weighted by Gasteiger charge is -2.10. The molecule has 2 saturated carbocycles. The third-order valence-corrected chi connectivity index (χ3v) is 27.1. The van der Waals surface area contributed by atoms with E-state index in [9.17, 15) is 84.1 Å². The van der Waals surface area contributed by atoms with Crippen LogP contribution in [-0.4, -0.2) is 137 Å². The summed E-state index contributed by atoms with van der Waals surface area (Å²) in [6, 6.07) is 39.8. The molecule has 11 N–H and O–H groups in total. The SMILES string of the molecule is CCCc1cc(N=CC(=C(C)N)c2ccc(NS(=O)(=O)C(F)(F)F)nc2)ccn1.CCCn1cc(-n2cc(-c3ccc(NS(C)(=O)=O)cc3C#N)cn2)ccc1=O.CCCn1cc(-n2cc(-c3ccc(NS(C)(=O)=O)cc3C)cn2)ccc1=O.CCCn1cc(N=CC(=CN)c2ccc(NS(=O)(=O)C3CC3)cc2Cl)ccc1=O.CCCn1cc(N=CC(=CN)c2ccc(NS(=O)(=O)C3CC3)cc2F)ccc1=O. The number of halogens is 5. The van der Waals surface area contributed by atoms with Gasteiger partial charge in [0.25, 0.3) is 22.2 Å². The maximum atomic E-state index is 14.6. The van der Waals surface area contributed by atoms with E-state index in [0.29, 0.717) is 141 Å². The van der Waals surface area contributed by atoms with Crippen LogP contribution in [0.1, 0.15) is 133 Å². The van der Waals surface area contributed by atoms with E-state index < -0.39 is 72.5 Å². The van der Waals surface area contributed by atoms with Gasteiger partial charge in [-0.1, -0.05) is 70.8 Å². The number of aromatic nitrogens is 10. The molecule has 750 valence electrons. The van der Waals surface area contributed by atoms with Gasteiger partial charge in [-0.2, -0.15) is 37.0 Å². The average molecular weight is 2060 g/mol. The van der Waals surface area contributed by atoms with E-state index >= 15 is 0 Å². The van der Waals surface area contributed by atoms with Crippen molar-refractivity contribution in [1.82, 2.24) is 47.8 Å². The molecule has 0 spiro atoms. The van der Waals surface area contributed by atoms with Gasteiger partial charge in [0, 0.05) is 210 Å². The van der Waals surface area contributed by atoms with Gasteiger partial charge in [0.15, 0.2) is 0 Å². The maximum Gasteiger partial charge on any atom is 0.516 e. The summed E-state index contributed by atoms with van der Waals surface area (Å²) in [5.74, 6) is -1.09. The van der Waals surface area contributed by atoms with Gasteiger partial charge in [0.2, 0.25) is 40.1 Å². The fourth-order valence-corrected chi connectivity index (χ4v) is 18.3. The molecule has 0 atom stereocenters. The predicted octanol–water partition coefficient (Wildman–Crippen LogP) is 15.4. The molecule has 36 nitrogen and oxygen atoms in total. The van der Waals surface area contributed by atoms with Crippen LogP contribution >= 0.6 is 11.6 Å². The molecule has 0 saturated heterocycles. The lowest BCUT2D eigenvalue weighted by atomic mass is 10.0. The highest BCUT2D eigenvalue weighted by Gasteiger charge is 2.46. The number of anilines is 5. The van der Waals surface area contributed by atoms with E-state index in [2.05, 4.69) is 60.1 Å². The number of nitrogens with zero attached hydrogens (tertiary/aromatic N) is 14. The fourth-order valence-electron chi connectivity index (χ4n) is 13.7. The lowest BCUT2D eigenvalue weighted by molar-refractivity contribution is -0.0429. The summed E-state index contributed by atoms with van der Waals surface area (Å²) >= 11 is 6.36. The van der Waals surface area contributed by atoms with E-state index in [0.717, 1.165) is 96.9 Å². The topological polar surface area (TPSA) is 519 Å². The van der Waals surface area contributed by atoms with Gasteiger partial charge in [-0.25, -0.2) is 52.4 Å². The van der Waals surface area contributed by atoms with E-state index in [4.69, 9.17) is 28.8 Å². The smallest absolute Gasteiger partial charge is 0.404 e. The van der Waals surface area contributed by atoms with E-state index in [1.54, 1.807) is 169 Å². The molecule has 8 aromatic heterocycles. The number of nitrogens with two attached hydrogens (primary N) is 3. The van der Waals surface area contributed by atoms with Crippen LogP contribution in [-0.2, 0) is 82.7 Å². The van der Waals surface area contributed by atoms with Gasteiger partial charge in [0.05, 0.1) is 86.2 Å². The Hall–Kier alpha value is -14.7. The second kappa shape index (κ2) is 48.9. The van der Waals surface area contributed by atoms with Crippen molar-refractivity contribution >= 4 is 143 Å². The average Bonchev–Trinajstić information content (AvgIpc) is 1.57. The molecule has 4 aromatic carbocycles. The third-order valence-electron chi connectivity index (χ3n) is 20.8. The van der Waals surface area contributed by atoms with Crippen LogP contribution in [0.2, 0.25) is 5.02 Å². The van der Waals surface area contributed by atoms with E-state index in [1.165, 1.54) is 78.2 Å². The molecule has 12 aromatic rings. The van der Waals surface area contributed by atoms with Crippen LogP contribution in [0.4, 0.5) is 63.2 Å². The Morgan fingerprint density at radius 3 is 1.38 bits per heavy atom. The molecule has 8 heterocycles. The summed E-state index contributed by atoms with van der Waals surface area (Å²) in [5.41, 5.74) is 24.8. The Kier molecular flexibility index (Phi) is 37.7. The minimum absolute atomic E-state index is 0.0298. The minimum Gasteiger partial charge on any atom is -0.404 e. The molecule has 0 radical (unpaired) electrons. The number of sulfonamides is 5. The zero-order valence-electron chi connectivity index (χ0n) is 78.7. The number of aryl methyl sites for hydroxylation is 6. The van der Waals surface area contributed by atoms with Gasteiger partial charge in [-0.3, -0.25) is 62.7 Å². The van der Waals surface area contributed by atoms with Gasteiger partial charge >= 0.3 is 15.5 Å². The van der Waals surface area contributed by atoms with Gasteiger partial charge in [-0.05, 0) is 186 Å². The van der Waals surface area contributed by atoms with Crippen molar-refractivity contribution in [2.24, 2.45) is 32.2 Å². The maximum absolute atomic E-state index is 14.6. The molecule has 2 aliphatic rings. The largest absolute Gasteiger partial charge is 0.516 e. The second-order valence-corrected chi connectivity index (χ2v) is 42.1. The molecule has 2 fully saturated rings. The van der Waals surface area contributed by atoms with Crippen molar-refractivity contribution in [3.8, 4) is 39.7 Å². The normalized spacial score (nSPS) is 13.3. The Morgan fingerprint density at radius 2 is 0.951 bits per heavy atom. The first-order valence-corrected chi connectivity index (χ1v) is 53.1. The molecule has 14 rings (SSSR count). The first-order chi connectivity index (χ1) is 67.3. The summed E-state index contributed by atoms with van der Waals surface area (Å²) in [6.07, 6.45) is 33.7. The Morgan fingerprint density at radius 1 is 0.507 bits per heavy atom. The number of hydrogen-bond acceptors (Lipinski definition) is 25. The first kappa shape index (κ1) is 109. The van der Waals surface area contributed by atoms with Crippen LogP contribution in [0.3, 0.4) is 0 Å². The van der Waals surface area contributed by atoms with Crippen molar-refractivity contribution in [2.45, 2.75) is 155 Å². The van der Waals surface area contributed by atoms with Crippen LogP contribution in [0.5, 0.6) is 0 Å². The molecule has 46 heteroatoms. The Bertz CT molecular complexity index is 7520. The number of rotatable bonds is 35. The van der Waals surface area contributed by atoms with Crippen molar-refractivity contribution in [3.63, 3.8) is 0 Å². The quantitative estimate of drug-likeness (QED) is 0.0135. The highest BCUT2D eigenvalue weighted by molar-refractivity contribution is 7.94. The predicted molar refractivity (Wildman–Crippen MR) is 551 cm³/mol. The number of benzene rings is 4. The van der Waals surface area contributed by atoms with Crippen LogP contribution in [0, 0.1) is 24.1 Å². The molecular weight excluding hydrogens is 1960 g/mol. The zero-order valence-corrected chi connectivity index (χ0v) is 83.5. The highest BCUT2D eigenvalue weighted by atomic mass is 35.5. The van der Waals surface area contributed by atoms with Crippen molar-refractivity contribution < 1.29 is 59.7 Å². The number of alkyl halides is 3. The molecule has 142 heavy (non-hydrogen) atoms. The number of nitriles is 1. The molecule has 0 unspecified atom stereocenters. The van der Waals surface area contributed by atoms with Crippen LogP contribution in [0.25, 0.3) is 50.3 Å². The fraction of sp³-hybridized carbons (Fsp3) is 0.271. The van der Waals surface area contributed by atoms with Crippen molar-refractivity contribution in [3.05, 3.63) is 311 Å². The summed E-state index contributed by atoms with van der Waals surface area (Å²) in [6.45, 7) is 16.1.